The zero-order valence-electron chi connectivity index (χ0n) is 13.8. The lowest BCUT2D eigenvalue weighted by molar-refractivity contribution is 0.0599. The Morgan fingerprint density at radius 1 is 1.17 bits per heavy atom. The van der Waals surface area contributed by atoms with Crippen molar-refractivity contribution in [2.45, 2.75) is 25.8 Å². The summed E-state index contributed by atoms with van der Waals surface area (Å²) in [5, 5.41) is 2.89. The minimum absolute atomic E-state index is 0.204. The number of methoxy groups -OCH3 is 1. The van der Waals surface area contributed by atoms with Crippen molar-refractivity contribution in [1.29, 1.82) is 0 Å². The zero-order valence-corrected chi connectivity index (χ0v) is 13.8. The maximum absolute atomic E-state index is 13.0. The highest BCUT2D eigenvalue weighted by atomic mass is 19.1. The Bertz CT molecular complexity index is 725. The van der Waals surface area contributed by atoms with E-state index in [9.17, 15) is 14.0 Å². The van der Waals surface area contributed by atoms with Crippen molar-refractivity contribution in [2.24, 2.45) is 0 Å². The molecule has 2 aromatic rings. The van der Waals surface area contributed by atoms with Gasteiger partial charge in [0.2, 0.25) is 0 Å². The van der Waals surface area contributed by atoms with E-state index < -0.39 is 11.5 Å². The summed E-state index contributed by atoms with van der Waals surface area (Å²) >= 11 is 0. The Balaban J connectivity index is 2.04. The predicted molar refractivity (Wildman–Crippen MR) is 87.2 cm³/mol. The number of ether oxygens (including phenoxy) is 1. The molecule has 0 aliphatic rings. The molecule has 0 aliphatic heterocycles. The lowest BCUT2D eigenvalue weighted by Crippen LogP contribution is -2.45. The molecule has 0 atom stereocenters. The van der Waals surface area contributed by atoms with Crippen LogP contribution in [0.5, 0.6) is 0 Å². The SMILES string of the molecule is COC(=O)c1ccc(C(=O)NC(C)(C)Cc2ccc(F)cc2)nc1. The Labute approximate surface area is 139 Å². The van der Waals surface area contributed by atoms with Crippen LogP contribution in [0.25, 0.3) is 0 Å². The van der Waals surface area contributed by atoms with Crippen LogP contribution in [-0.4, -0.2) is 29.5 Å². The lowest BCUT2D eigenvalue weighted by Gasteiger charge is -2.26. The average molecular weight is 330 g/mol. The lowest BCUT2D eigenvalue weighted by atomic mass is 9.94. The highest BCUT2D eigenvalue weighted by Crippen LogP contribution is 2.14. The number of pyridine rings is 1. The molecule has 126 valence electrons. The fourth-order valence-corrected chi connectivity index (χ4v) is 2.29. The first-order valence-electron chi connectivity index (χ1n) is 7.42. The van der Waals surface area contributed by atoms with Crippen LogP contribution in [0.4, 0.5) is 4.39 Å². The van der Waals surface area contributed by atoms with Crippen LogP contribution in [0.3, 0.4) is 0 Å². The van der Waals surface area contributed by atoms with Crippen molar-refractivity contribution in [3.8, 4) is 0 Å². The van der Waals surface area contributed by atoms with Crippen LogP contribution < -0.4 is 5.32 Å². The quantitative estimate of drug-likeness (QED) is 0.856. The van der Waals surface area contributed by atoms with Crippen LogP contribution in [0.15, 0.2) is 42.6 Å². The van der Waals surface area contributed by atoms with E-state index >= 15 is 0 Å². The number of hydrogen-bond donors (Lipinski definition) is 1. The third kappa shape index (κ3) is 4.62. The van der Waals surface area contributed by atoms with E-state index in [-0.39, 0.29) is 23.0 Å². The zero-order chi connectivity index (χ0) is 17.7. The molecule has 0 unspecified atom stereocenters. The highest BCUT2D eigenvalue weighted by molar-refractivity contribution is 5.94. The van der Waals surface area contributed by atoms with Gasteiger partial charge in [-0.05, 0) is 50.1 Å². The molecule has 1 heterocycles. The van der Waals surface area contributed by atoms with Crippen LogP contribution in [-0.2, 0) is 11.2 Å². The van der Waals surface area contributed by atoms with Gasteiger partial charge in [-0.15, -0.1) is 0 Å². The Kier molecular flexibility index (Phi) is 5.28. The van der Waals surface area contributed by atoms with E-state index in [0.29, 0.717) is 6.42 Å². The second kappa shape index (κ2) is 7.21. The Morgan fingerprint density at radius 2 is 1.83 bits per heavy atom. The van der Waals surface area contributed by atoms with Crippen molar-refractivity contribution in [1.82, 2.24) is 10.3 Å². The summed E-state index contributed by atoms with van der Waals surface area (Å²) in [4.78, 5) is 27.7. The van der Waals surface area contributed by atoms with E-state index in [1.54, 1.807) is 12.1 Å². The Morgan fingerprint density at radius 3 is 2.38 bits per heavy atom. The van der Waals surface area contributed by atoms with Gasteiger partial charge in [0.25, 0.3) is 5.91 Å². The summed E-state index contributed by atoms with van der Waals surface area (Å²) in [6.07, 6.45) is 1.84. The fraction of sp³-hybridized carbons (Fsp3) is 0.278. The van der Waals surface area contributed by atoms with Gasteiger partial charge >= 0.3 is 5.97 Å². The number of amides is 1. The van der Waals surface area contributed by atoms with Crippen LogP contribution in [0.1, 0.15) is 40.3 Å². The molecular formula is C18H19FN2O3. The number of hydrogen-bond acceptors (Lipinski definition) is 4. The summed E-state index contributed by atoms with van der Waals surface area (Å²) in [7, 11) is 1.28. The molecule has 0 spiro atoms. The van der Waals surface area contributed by atoms with Crippen molar-refractivity contribution in [2.75, 3.05) is 7.11 Å². The van der Waals surface area contributed by atoms with E-state index in [2.05, 4.69) is 15.0 Å². The summed E-state index contributed by atoms with van der Waals surface area (Å²) in [6, 6.07) is 9.11. The van der Waals surface area contributed by atoms with Crippen molar-refractivity contribution < 1.29 is 18.7 Å². The predicted octanol–water partition coefficient (Wildman–Crippen LogP) is 2.76. The van der Waals surface area contributed by atoms with Crippen LogP contribution in [0, 0.1) is 5.82 Å². The molecule has 0 aliphatic carbocycles. The van der Waals surface area contributed by atoms with Gasteiger partial charge in [0, 0.05) is 11.7 Å². The van der Waals surface area contributed by atoms with E-state index in [0.717, 1.165) is 5.56 Å². The summed E-state index contributed by atoms with van der Waals surface area (Å²) in [5.74, 6) is -1.15. The van der Waals surface area contributed by atoms with E-state index in [4.69, 9.17) is 0 Å². The smallest absolute Gasteiger partial charge is 0.339 e. The molecule has 24 heavy (non-hydrogen) atoms. The van der Waals surface area contributed by atoms with Crippen LogP contribution in [0.2, 0.25) is 0 Å². The maximum Gasteiger partial charge on any atom is 0.339 e. The number of rotatable bonds is 5. The number of carbonyl (C=O) groups is 2. The number of carbonyl (C=O) groups excluding carboxylic acids is 2. The minimum atomic E-state index is -0.544. The van der Waals surface area contributed by atoms with Gasteiger partial charge in [-0.1, -0.05) is 12.1 Å². The molecule has 0 radical (unpaired) electrons. The minimum Gasteiger partial charge on any atom is -0.465 e. The van der Waals surface area contributed by atoms with Gasteiger partial charge in [0.05, 0.1) is 12.7 Å². The number of benzene rings is 1. The molecule has 1 N–H and O–H groups in total. The van der Waals surface area contributed by atoms with Crippen molar-refractivity contribution >= 4 is 11.9 Å². The standard InChI is InChI=1S/C18H19FN2O3/c1-18(2,10-12-4-7-14(19)8-5-12)21-16(22)15-9-6-13(11-20-15)17(23)24-3/h4-9,11H,10H2,1-3H3,(H,21,22). The molecule has 0 fully saturated rings. The van der Waals surface area contributed by atoms with Gasteiger partial charge in [-0.3, -0.25) is 9.78 Å². The molecule has 2 rings (SSSR count). The molecule has 0 saturated carbocycles. The van der Waals surface area contributed by atoms with E-state index in [1.165, 1.54) is 37.6 Å². The molecule has 1 amide bonds. The van der Waals surface area contributed by atoms with Gasteiger partial charge < -0.3 is 10.1 Å². The topological polar surface area (TPSA) is 68.3 Å². The molecule has 0 saturated heterocycles. The second-order valence-corrected chi connectivity index (χ2v) is 6.06. The number of nitrogens with one attached hydrogen (secondary N) is 1. The van der Waals surface area contributed by atoms with E-state index in [1.807, 2.05) is 13.8 Å². The molecular weight excluding hydrogens is 311 g/mol. The monoisotopic (exact) mass is 330 g/mol. The third-order valence-corrected chi connectivity index (χ3v) is 3.43. The first-order chi connectivity index (χ1) is 11.3. The largest absolute Gasteiger partial charge is 0.465 e. The maximum atomic E-state index is 13.0. The molecule has 0 bridgehead atoms. The Hall–Kier alpha value is -2.76. The molecule has 6 heteroatoms. The normalized spacial score (nSPS) is 11.0. The summed E-state index contributed by atoms with van der Waals surface area (Å²) in [6.45, 7) is 3.74. The number of aromatic nitrogens is 1. The van der Waals surface area contributed by atoms with Crippen molar-refractivity contribution in [3.63, 3.8) is 0 Å². The van der Waals surface area contributed by atoms with Gasteiger partial charge in [0.15, 0.2) is 0 Å². The van der Waals surface area contributed by atoms with Gasteiger partial charge in [0.1, 0.15) is 11.5 Å². The number of nitrogens with zero attached hydrogens (tertiary/aromatic N) is 1. The second-order valence-electron chi connectivity index (χ2n) is 6.06. The van der Waals surface area contributed by atoms with Gasteiger partial charge in [-0.2, -0.15) is 0 Å². The average Bonchev–Trinajstić information content (AvgIpc) is 2.55. The number of halogens is 1. The van der Waals surface area contributed by atoms with Gasteiger partial charge in [-0.25, -0.2) is 9.18 Å². The van der Waals surface area contributed by atoms with Crippen molar-refractivity contribution in [3.05, 3.63) is 65.2 Å². The summed E-state index contributed by atoms with van der Waals surface area (Å²) < 4.78 is 17.5. The molecule has 1 aromatic heterocycles. The fourth-order valence-electron chi connectivity index (χ4n) is 2.29. The third-order valence-electron chi connectivity index (χ3n) is 3.43. The van der Waals surface area contributed by atoms with Crippen LogP contribution >= 0.6 is 0 Å². The first kappa shape index (κ1) is 17.6. The molecule has 1 aromatic carbocycles. The number of esters is 1. The molecule has 5 nitrogen and oxygen atoms in total. The highest BCUT2D eigenvalue weighted by Gasteiger charge is 2.22. The summed E-state index contributed by atoms with van der Waals surface area (Å²) in [5.41, 5.74) is 0.850. The first-order valence-corrected chi connectivity index (χ1v) is 7.42.